The van der Waals surface area contributed by atoms with Crippen LogP contribution in [0.25, 0.3) is 0 Å². The van der Waals surface area contributed by atoms with Crippen LogP contribution in [0.1, 0.15) is 18.9 Å². The Morgan fingerprint density at radius 2 is 1.88 bits per heavy atom. The number of hydrogen-bond acceptors (Lipinski definition) is 2. The van der Waals surface area contributed by atoms with Crippen LogP contribution < -0.4 is 10.1 Å². The first-order valence-electron chi connectivity index (χ1n) is 5.23. The van der Waals surface area contributed by atoms with Crippen molar-refractivity contribution in [3.8, 4) is 5.75 Å². The number of rotatable bonds is 2. The fourth-order valence-corrected chi connectivity index (χ4v) is 2.13. The molecule has 1 heterocycles. The molecular formula is C12H15F2NO. The molecule has 0 spiro atoms. The highest BCUT2D eigenvalue weighted by Crippen LogP contribution is 2.39. The SMILES string of the molecule is COc1ccc(C2(C)CC(F)(F)CN2)cc1. The van der Waals surface area contributed by atoms with E-state index in [1.165, 1.54) is 0 Å². The van der Waals surface area contributed by atoms with Gasteiger partial charge in [0.2, 0.25) is 0 Å². The monoisotopic (exact) mass is 227 g/mol. The Balaban J connectivity index is 2.23. The number of methoxy groups -OCH3 is 1. The summed E-state index contributed by atoms with van der Waals surface area (Å²) < 4.78 is 31.4. The maximum Gasteiger partial charge on any atom is 0.262 e. The summed E-state index contributed by atoms with van der Waals surface area (Å²) in [6.07, 6.45) is -0.160. The number of ether oxygens (including phenoxy) is 1. The summed E-state index contributed by atoms with van der Waals surface area (Å²) in [5, 5.41) is 2.89. The normalized spacial score (nSPS) is 28.0. The van der Waals surface area contributed by atoms with Gasteiger partial charge in [0.05, 0.1) is 13.7 Å². The van der Waals surface area contributed by atoms with Crippen molar-refractivity contribution in [1.82, 2.24) is 5.32 Å². The summed E-state index contributed by atoms with van der Waals surface area (Å²) in [5.41, 5.74) is 0.223. The van der Waals surface area contributed by atoms with Crippen molar-refractivity contribution in [2.75, 3.05) is 13.7 Å². The van der Waals surface area contributed by atoms with E-state index in [0.29, 0.717) is 0 Å². The highest BCUT2D eigenvalue weighted by molar-refractivity contribution is 5.32. The molecule has 1 N–H and O–H groups in total. The average molecular weight is 227 g/mol. The van der Waals surface area contributed by atoms with Crippen LogP contribution in [0.5, 0.6) is 5.75 Å². The van der Waals surface area contributed by atoms with E-state index in [9.17, 15) is 8.78 Å². The molecule has 1 atom stereocenters. The van der Waals surface area contributed by atoms with Gasteiger partial charge in [-0.2, -0.15) is 0 Å². The lowest BCUT2D eigenvalue weighted by molar-refractivity contribution is 0.0165. The second-order valence-electron chi connectivity index (χ2n) is 4.45. The number of nitrogens with one attached hydrogen (secondary N) is 1. The highest BCUT2D eigenvalue weighted by atomic mass is 19.3. The van der Waals surface area contributed by atoms with Crippen LogP contribution in [-0.2, 0) is 5.54 Å². The Hall–Kier alpha value is -1.16. The molecule has 0 aromatic heterocycles. The molecule has 2 nitrogen and oxygen atoms in total. The number of hydrogen-bond donors (Lipinski definition) is 1. The molecule has 0 saturated carbocycles. The molecule has 1 fully saturated rings. The Kier molecular flexibility index (Phi) is 2.62. The zero-order valence-electron chi connectivity index (χ0n) is 9.39. The summed E-state index contributed by atoms with van der Waals surface area (Å²) in [5.74, 6) is -1.88. The lowest BCUT2D eigenvalue weighted by Crippen LogP contribution is -2.32. The first kappa shape index (κ1) is 11.3. The van der Waals surface area contributed by atoms with E-state index in [2.05, 4.69) is 5.32 Å². The summed E-state index contributed by atoms with van der Waals surface area (Å²) in [6, 6.07) is 7.23. The van der Waals surface area contributed by atoms with Gasteiger partial charge in [-0.15, -0.1) is 0 Å². The molecule has 0 aliphatic carbocycles. The van der Waals surface area contributed by atoms with Gasteiger partial charge in [-0.05, 0) is 24.6 Å². The van der Waals surface area contributed by atoms with E-state index in [-0.39, 0.29) is 13.0 Å². The van der Waals surface area contributed by atoms with Gasteiger partial charge in [0.25, 0.3) is 5.92 Å². The number of benzene rings is 1. The topological polar surface area (TPSA) is 21.3 Å². The van der Waals surface area contributed by atoms with Crippen LogP contribution in [0.15, 0.2) is 24.3 Å². The Bertz CT molecular complexity index is 377. The van der Waals surface area contributed by atoms with E-state index >= 15 is 0 Å². The standard InChI is InChI=1S/C12H15F2NO/c1-11(7-12(13,14)8-15-11)9-3-5-10(16-2)6-4-9/h3-6,15H,7-8H2,1-2H3. The summed E-state index contributed by atoms with van der Waals surface area (Å²) in [7, 11) is 1.58. The van der Waals surface area contributed by atoms with Gasteiger partial charge in [-0.25, -0.2) is 8.78 Å². The highest BCUT2D eigenvalue weighted by Gasteiger charge is 2.47. The average Bonchev–Trinajstić information content (AvgIpc) is 2.54. The van der Waals surface area contributed by atoms with Crippen molar-refractivity contribution in [1.29, 1.82) is 0 Å². The predicted molar refractivity (Wildman–Crippen MR) is 57.9 cm³/mol. The first-order chi connectivity index (χ1) is 7.45. The maximum absolute atomic E-state index is 13.2. The number of halogens is 2. The van der Waals surface area contributed by atoms with E-state index in [1.807, 2.05) is 12.1 Å². The summed E-state index contributed by atoms with van der Waals surface area (Å²) >= 11 is 0. The molecule has 1 aliphatic heterocycles. The van der Waals surface area contributed by atoms with Crippen molar-refractivity contribution < 1.29 is 13.5 Å². The molecule has 2 rings (SSSR count). The van der Waals surface area contributed by atoms with Gasteiger partial charge >= 0.3 is 0 Å². The fraction of sp³-hybridized carbons (Fsp3) is 0.500. The second-order valence-corrected chi connectivity index (χ2v) is 4.45. The molecule has 0 bridgehead atoms. The smallest absolute Gasteiger partial charge is 0.262 e. The van der Waals surface area contributed by atoms with Crippen LogP contribution in [0.2, 0.25) is 0 Å². The summed E-state index contributed by atoms with van der Waals surface area (Å²) in [6.45, 7) is 1.55. The Morgan fingerprint density at radius 1 is 1.25 bits per heavy atom. The van der Waals surface area contributed by atoms with Crippen LogP contribution in [0, 0.1) is 0 Å². The Labute approximate surface area is 93.6 Å². The molecule has 1 unspecified atom stereocenters. The third-order valence-corrected chi connectivity index (χ3v) is 3.08. The second kappa shape index (κ2) is 3.70. The van der Waals surface area contributed by atoms with Crippen LogP contribution in [-0.4, -0.2) is 19.6 Å². The van der Waals surface area contributed by atoms with Crippen LogP contribution >= 0.6 is 0 Å². The molecular weight excluding hydrogens is 212 g/mol. The molecule has 4 heteroatoms. The van der Waals surface area contributed by atoms with Crippen LogP contribution in [0.3, 0.4) is 0 Å². The molecule has 0 radical (unpaired) electrons. The zero-order valence-corrected chi connectivity index (χ0v) is 9.39. The quantitative estimate of drug-likeness (QED) is 0.838. The van der Waals surface area contributed by atoms with E-state index in [4.69, 9.17) is 4.74 Å². The third kappa shape index (κ3) is 2.02. The van der Waals surface area contributed by atoms with Crippen molar-refractivity contribution in [2.24, 2.45) is 0 Å². The van der Waals surface area contributed by atoms with Crippen molar-refractivity contribution in [3.63, 3.8) is 0 Å². The molecule has 1 aliphatic rings. The minimum absolute atomic E-state index is 0.160. The maximum atomic E-state index is 13.2. The molecule has 1 aromatic rings. The van der Waals surface area contributed by atoms with E-state index < -0.39 is 11.5 Å². The van der Waals surface area contributed by atoms with Crippen molar-refractivity contribution in [2.45, 2.75) is 24.8 Å². The van der Waals surface area contributed by atoms with Gasteiger partial charge in [-0.1, -0.05) is 12.1 Å². The molecule has 1 aromatic carbocycles. The lowest BCUT2D eigenvalue weighted by Gasteiger charge is -2.24. The predicted octanol–water partition coefficient (Wildman–Crippen LogP) is 2.54. The van der Waals surface area contributed by atoms with Gasteiger partial charge in [-0.3, -0.25) is 0 Å². The Morgan fingerprint density at radius 3 is 2.31 bits per heavy atom. The lowest BCUT2D eigenvalue weighted by atomic mass is 9.90. The minimum Gasteiger partial charge on any atom is -0.497 e. The molecule has 16 heavy (non-hydrogen) atoms. The zero-order chi connectivity index (χ0) is 11.8. The summed E-state index contributed by atoms with van der Waals surface area (Å²) in [4.78, 5) is 0. The van der Waals surface area contributed by atoms with Gasteiger partial charge in [0.15, 0.2) is 0 Å². The van der Waals surface area contributed by atoms with Gasteiger partial charge in [0, 0.05) is 12.0 Å². The van der Waals surface area contributed by atoms with Gasteiger partial charge < -0.3 is 10.1 Å². The third-order valence-electron chi connectivity index (χ3n) is 3.08. The van der Waals surface area contributed by atoms with E-state index in [0.717, 1.165) is 11.3 Å². The molecule has 0 amide bonds. The molecule has 88 valence electrons. The van der Waals surface area contributed by atoms with Crippen molar-refractivity contribution >= 4 is 0 Å². The van der Waals surface area contributed by atoms with E-state index in [1.54, 1.807) is 26.2 Å². The largest absolute Gasteiger partial charge is 0.497 e. The van der Waals surface area contributed by atoms with Crippen molar-refractivity contribution in [3.05, 3.63) is 29.8 Å². The van der Waals surface area contributed by atoms with Crippen LogP contribution in [0.4, 0.5) is 8.78 Å². The minimum atomic E-state index is -2.62. The fourth-order valence-electron chi connectivity index (χ4n) is 2.13. The first-order valence-corrected chi connectivity index (χ1v) is 5.23. The number of alkyl halides is 2. The molecule has 1 saturated heterocycles. The van der Waals surface area contributed by atoms with Gasteiger partial charge in [0.1, 0.15) is 5.75 Å².